The number of benzene rings is 2. The van der Waals surface area contributed by atoms with E-state index >= 15 is 0 Å². The summed E-state index contributed by atoms with van der Waals surface area (Å²) in [6, 6.07) is 14.5. The molecule has 7 rings (SSSR count). The van der Waals surface area contributed by atoms with E-state index in [1.165, 1.54) is 23.7 Å². The van der Waals surface area contributed by atoms with Gasteiger partial charge in [0.2, 0.25) is 5.91 Å². The maximum absolute atomic E-state index is 13.1. The van der Waals surface area contributed by atoms with Crippen LogP contribution in [0.15, 0.2) is 67.1 Å². The van der Waals surface area contributed by atoms with E-state index in [0.29, 0.717) is 60.6 Å². The smallest absolute Gasteiger partial charge is 0.324 e. The van der Waals surface area contributed by atoms with Gasteiger partial charge in [-0.05, 0) is 54.8 Å². The number of anilines is 3. The lowest BCUT2D eigenvalue weighted by molar-refractivity contribution is -0.119. The fraction of sp³-hybridized carbons (Fsp3) is 0.294. The SMILES string of the molecule is CC(C)(C)c1cc(NC(=O)Nc2cnc(Oc3ccc(-c4cnc(N5CCCCC5=O)s4)cc3)nc2)n(-c2ccc3c(c2)OCCO3)n1. The minimum atomic E-state index is -0.488. The number of aromatic nitrogens is 5. The van der Waals surface area contributed by atoms with Gasteiger partial charge in [0.05, 0.1) is 34.3 Å². The highest BCUT2D eigenvalue weighted by atomic mass is 32.1. The van der Waals surface area contributed by atoms with Crippen LogP contribution in [0.5, 0.6) is 23.3 Å². The second-order valence-corrected chi connectivity index (χ2v) is 13.4. The summed E-state index contributed by atoms with van der Waals surface area (Å²) in [4.78, 5) is 41.1. The Morgan fingerprint density at radius 2 is 1.69 bits per heavy atom. The van der Waals surface area contributed by atoms with Gasteiger partial charge in [-0.3, -0.25) is 15.0 Å². The van der Waals surface area contributed by atoms with Gasteiger partial charge in [0.15, 0.2) is 16.6 Å². The van der Waals surface area contributed by atoms with Gasteiger partial charge < -0.3 is 19.5 Å². The predicted octanol–water partition coefficient (Wildman–Crippen LogP) is 6.81. The summed E-state index contributed by atoms with van der Waals surface area (Å²) in [5, 5.41) is 11.2. The number of nitrogens with zero attached hydrogens (tertiary/aromatic N) is 6. The normalized spacial score (nSPS) is 14.5. The van der Waals surface area contributed by atoms with Crippen molar-refractivity contribution in [3.63, 3.8) is 0 Å². The van der Waals surface area contributed by atoms with Gasteiger partial charge in [0, 0.05) is 36.7 Å². The fourth-order valence-electron chi connectivity index (χ4n) is 5.23. The molecule has 48 heavy (non-hydrogen) atoms. The van der Waals surface area contributed by atoms with Crippen molar-refractivity contribution in [2.75, 3.05) is 35.3 Å². The topological polar surface area (TPSA) is 146 Å². The van der Waals surface area contributed by atoms with Gasteiger partial charge in [-0.25, -0.2) is 24.4 Å². The molecule has 0 unspecified atom stereocenters. The number of thiazole rings is 1. The number of piperidine rings is 1. The van der Waals surface area contributed by atoms with Gasteiger partial charge in [0.1, 0.15) is 24.8 Å². The van der Waals surface area contributed by atoms with E-state index in [1.807, 2.05) is 48.5 Å². The molecule has 14 heteroatoms. The van der Waals surface area contributed by atoms with Gasteiger partial charge in [0.25, 0.3) is 0 Å². The molecule has 2 aromatic carbocycles. The third-order valence-electron chi connectivity index (χ3n) is 7.77. The molecule has 0 spiro atoms. The zero-order valence-corrected chi connectivity index (χ0v) is 27.5. The van der Waals surface area contributed by atoms with Crippen molar-refractivity contribution in [3.8, 4) is 39.4 Å². The molecular formula is C34H34N8O5S. The van der Waals surface area contributed by atoms with Gasteiger partial charge in [-0.2, -0.15) is 5.10 Å². The fourth-order valence-corrected chi connectivity index (χ4v) is 6.20. The van der Waals surface area contributed by atoms with Crippen molar-refractivity contribution in [1.29, 1.82) is 0 Å². The third-order valence-corrected chi connectivity index (χ3v) is 8.84. The lowest BCUT2D eigenvalue weighted by Gasteiger charge is -2.23. The highest BCUT2D eigenvalue weighted by Gasteiger charge is 2.24. The van der Waals surface area contributed by atoms with Crippen molar-refractivity contribution in [1.82, 2.24) is 24.7 Å². The molecule has 3 aromatic heterocycles. The first-order chi connectivity index (χ1) is 23.2. The van der Waals surface area contributed by atoms with E-state index in [1.54, 1.807) is 15.8 Å². The lowest BCUT2D eigenvalue weighted by atomic mass is 9.92. The maximum atomic E-state index is 13.1. The van der Waals surface area contributed by atoms with Crippen LogP contribution in [-0.2, 0) is 10.2 Å². The van der Waals surface area contributed by atoms with Crippen LogP contribution in [0, 0.1) is 0 Å². The molecule has 0 radical (unpaired) electrons. The molecule has 1 fully saturated rings. The Hall–Kier alpha value is -5.50. The number of rotatable bonds is 7. The summed E-state index contributed by atoms with van der Waals surface area (Å²) < 4.78 is 18.9. The highest BCUT2D eigenvalue weighted by Crippen LogP contribution is 2.35. The third kappa shape index (κ3) is 6.79. The second-order valence-electron chi connectivity index (χ2n) is 12.4. The second kappa shape index (κ2) is 13.0. The Balaban J connectivity index is 0.988. The van der Waals surface area contributed by atoms with Gasteiger partial charge in [-0.1, -0.05) is 32.1 Å². The summed E-state index contributed by atoms with van der Waals surface area (Å²) >= 11 is 1.49. The van der Waals surface area contributed by atoms with Gasteiger partial charge >= 0.3 is 12.0 Å². The molecule has 2 N–H and O–H groups in total. The Morgan fingerprint density at radius 3 is 2.44 bits per heavy atom. The van der Waals surface area contributed by atoms with Crippen molar-refractivity contribution in [3.05, 3.63) is 72.8 Å². The quantitative estimate of drug-likeness (QED) is 0.191. The van der Waals surface area contributed by atoms with E-state index in [9.17, 15) is 9.59 Å². The predicted molar refractivity (Wildman–Crippen MR) is 182 cm³/mol. The van der Waals surface area contributed by atoms with Crippen LogP contribution in [0.4, 0.5) is 21.4 Å². The zero-order valence-electron chi connectivity index (χ0n) is 26.7. The van der Waals surface area contributed by atoms with E-state index in [4.69, 9.17) is 19.3 Å². The van der Waals surface area contributed by atoms with Crippen LogP contribution in [0.2, 0.25) is 0 Å². The van der Waals surface area contributed by atoms with E-state index in [0.717, 1.165) is 34.1 Å². The van der Waals surface area contributed by atoms with Crippen LogP contribution in [-0.4, -0.2) is 56.4 Å². The molecule has 0 bridgehead atoms. The number of fused-ring (bicyclic) bond motifs is 1. The largest absolute Gasteiger partial charge is 0.486 e. The lowest BCUT2D eigenvalue weighted by Crippen LogP contribution is -2.34. The number of nitrogens with one attached hydrogen (secondary N) is 2. The first-order valence-corrected chi connectivity index (χ1v) is 16.5. The Bertz CT molecular complexity index is 1950. The average molecular weight is 667 g/mol. The highest BCUT2D eigenvalue weighted by molar-refractivity contribution is 7.19. The van der Waals surface area contributed by atoms with Crippen LogP contribution in [0.3, 0.4) is 0 Å². The van der Waals surface area contributed by atoms with E-state index in [2.05, 4.69) is 46.4 Å². The molecule has 3 amide bonds. The van der Waals surface area contributed by atoms with Crippen LogP contribution < -0.4 is 29.7 Å². The standard InChI is InChI=1S/C34H34N8O5S/c1-34(2,3)28-17-29(42(40-28)23-9-12-25-26(16-23)46-15-14-45-25)39-31(44)38-22-18-35-32(36-19-22)47-24-10-7-21(8-11-24)27-20-37-33(48-27)41-13-5-4-6-30(41)43/h7-12,16-20H,4-6,13-15H2,1-3H3,(H2,38,39,44). The number of amides is 3. The van der Waals surface area contributed by atoms with Crippen molar-refractivity contribution >= 4 is 39.9 Å². The minimum Gasteiger partial charge on any atom is -0.486 e. The van der Waals surface area contributed by atoms with Crippen LogP contribution >= 0.6 is 11.3 Å². The van der Waals surface area contributed by atoms with Crippen LogP contribution in [0.25, 0.3) is 16.1 Å². The summed E-state index contributed by atoms with van der Waals surface area (Å²) in [6.45, 7) is 7.84. The molecule has 1 saturated heterocycles. The number of carbonyl (C=O) groups excluding carboxylic acids is 2. The average Bonchev–Trinajstić information content (AvgIpc) is 3.74. The molecule has 5 heterocycles. The van der Waals surface area contributed by atoms with Crippen molar-refractivity contribution in [2.24, 2.45) is 0 Å². The van der Waals surface area contributed by atoms with Crippen molar-refractivity contribution < 1.29 is 23.8 Å². The first-order valence-electron chi connectivity index (χ1n) is 15.6. The van der Waals surface area contributed by atoms with E-state index < -0.39 is 6.03 Å². The van der Waals surface area contributed by atoms with E-state index in [-0.39, 0.29) is 17.3 Å². The number of carbonyl (C=O) groups is 2. The number of urea groups is 1. The molecule has 2 aliphatic heterocycles. The Labute approximate surface area is 280 Å². The monoisotopic (exact) mass is 666 g/mol. The first kappa shape index (κ1) is 31.1. The summed E-state index contributed by atoms with van der Waals surface area (Å²) in [7, 11) is 0. The minimum absolute atomic E-state index is 0.128. The Morgan fingerprint density at radius 1 is 0.917 bits per heavy atom. The van der Waals surface area contributed by atoms with Gasteiger partial charge in [-0.15, -0.1) is 0 Å². The molecule has 0 atom stereocenters. The molecule has 13 nitrogen and oxygen atoms in total. The maximum Gasteiger partial charge on any atom is 0.324 e. The summed E-state index contributed by atoms with van der Waals surface area (Å²) in [5.41, 5.74) is 2.61. The number of hydrogen-bond donors (Lipinski definition) is 2. The molecule has 5 aromatic rings. The zero-order chi connectivity index (χ0) is 33.3. The number of hydrogen-bond acceptors (Lipinski definition) is 10. The van der Waals surface area contributed by atoms with Crippen LogP contribution in [0.1, 0.15) is 45.7 Å². The summed E-state index contributed by atoms with van der Waals surface area (Å²) in [6.07, 6.45) is 7.22. The molecule has 246 valence electrons. The summed E-state index contributed by atoms with van der Waals surface area (Å²) in [5.74, 6) is 2.45. The number of ether oxygens (including phenoxy) is 3. The Kier molecular flexibility index (Phi) is 8.40. The molecule has 2 aliphatic rings. The molecule has 0 aliphatic carbocycles. The molecular weight excluding hydrogens is 632 g/mol. The molecule has 0 saturated carbocycles. The van der Waals surface area contributed by atoms with Crippen molar-refractivity contribution in [2.45, 2.75) is 45.4 Å².